The van der Waals surface area contributed by atoms with Crippen LogP contribution in [0.25, 0.3) is 0 Å². The fraction of sp³-hybridized carbons (Fsp3) is 0.610. The highest BCUT2D eigenvalue weighted by atomic mass is 35.6. The van der Waals surface area contributed by atoms with E-state index >= 15 is 0 Å². The molecule has 2 aliphatic heterocycles. The minimum absolute atomic E-state index is 0.0163. The molecule has 1 N–H and O–H groups in total. The van der Waals surface area contributed by atoms with Crippen molar-refractivity contribution in [3.63, 3.8) is 0 Å². The number of carbonyl (C=O) groups is 2. The van der Waals surface area contributed by atoms with Crippen molar-refractivity contribution < 1.29 is 51.4 Å². The number of alkyl halides is 3. The van der Waals surface area contributed by atoms with Crippen molar-refractivity contribution in [1.29, 1.82) is 0 Å². The Hall–Kier alpha value is -2.22. The maximum atomic E-state index is 14.3. The number of amides is 1. The van der Waals surface area contributed by atoms with Crippen LogP contribution < -0.4 is 5.32 Å². The molecule has 2 aliphatic rings. The topological polar surface area (TPSA) is 137 Å². The Kier molecular flexibility index (Phi) is 21.2. The number of alkyl carbamates (subject to hydrolysis) is 1. The van der Waals surface area contributed by atoms with E-state index in [2.05, 4.69) is 18.8 Å². The number of unbranched alkanes of at least 4 members (excludes halogenated alkanes) is 10. The second kappa shape index (κ2) is 25.4. The average molecular weight is 877 g/mol. The van der Waals surface area contributed by atoms with Gasteiger partial charge in [0.25, 0.3) is 0 Å². The van der Waals surface area contributed by atoms with Gasteiger partial charge in [0.2, 0.25) is 3.79 Å². The Morgan fingerprint density at radius 2 is 1.47 bits per heavy atom. The lowest BCUT2D eigenvalue weighted by Gasteiger charge is -2.45. The summed E-state index contributed by atoms with van der Waals surface area (Å²) in [5.74, 6) is -0.576. The van der Waals surface area contributed by atoms with Crippen LogP contribution in [0.3, 0.4) is 0 Å². The largest absolute Gasteiger partial charge is 0.475 e. The molecule has 0 aromatic heterocycles. The summed E-state index contributed by atoms with van der Waals surface area (Å²) in [6.07, 6.45) is 7.63. The lowest BCUT2D eigenvalue weighted by molar-refractivity contribution is -0.271. The number of nitrogens with one attached hydrogen (secondary N) is 1. The lowest BCUT2D eigenvalue weighted by Crippen LogP contribution is -2.66. The fourth-order valence-electron chi connectivity index (χ4n) is 6.48. The maximum absolute atomic E-state index is 14.3. The number of esters is 1. The van der Waals surface area contributed by atoms with Gasteiger partial charge in [-0.05, 0) is 23.1 Å². The van der Waals surface area contributed by atoms with Crippen LogP contribution in [0, 0.1) is 0 Å². The number of halogens is 3. The summed E-state index contributed by atoms with van der Waals surface area (Å²) < 4.78 is 60.0. The highest BCUT2D eigenvalue weighted by molar-refractivity contribution is 7.48. The molecule has 0 bridgehead atoms. The van der Waals surface area contributed by atoms with Gasteiger partial charge in [-0.25, -0.2) is 9.36 Å². The third kappa shape index (κ3) is 17.5. The van der Waals surface area contributed by atoms with E-state index in [0.717, 1.165) is 42.4 Å². The van der Waals surface area contributed by atoms with Crippen LogP contribution in [0.1, 0.15) is 101 Å². The van der Waals surface area contributed by atoms with E-state index < -0.39 is 60.9 Å². The second-order valence-electron chi connectivity index (χ2n) is 14.1. The first-order chi connectivity index (χ1) is 27.5. The number of ether oxygens (including phenoxy) is 5. The minimum Gasteiger partial charge on any atom is -0.457 e. The van der Waals surface area contributed by atoms with Gasteiger partial charge in [0, 0.05) is 6.42 Å². The third-order valence-corrected chi connectivity index (χ3v) is 11.2. The molecule has 12 nitrogen and oxygen atoms in total. The first kappa shape index (κ1) is 47.5. The van der Waals surface area contributed by atoms with Crippen molar-refractivity contribution >= 4 is 54.7 Å². The number of phosphoric acid groups is 1. The molecule has 0 spiro atoms. The number of hydrogen-bond donors (Lipinski definition) is 1. The molecule has 1 amide bonds. The highest BCUT2D eigenvalue weighted by Crippen LogP contribution is 2.55. The van der Waals surface area contributed by atoms with Gasteiger partial charge in [0.15, 0.2) is 12.4 Å². The number of fused-ring (bicyclic) bond motifs is 1. The zero-order valence-corrected chi connectivity index (χ0v) is 35.8. The Labute approximate surface area is 352 Å². The number of carbonyl (C=O) groups excluding carboxylic acids is 2. The molecule has 57 heavy (non-hydrogen) atoms. The summed E-state index contributed by atoms with van der Waals surface area (Å²) in [4.78, 5) is 26.9. The van der Waals surface area contributed by atoms with Gasteiger partial charge in [0.1, 0.15) is 24.9 Å². The normalized spacial score (nSPS) is 21.9. The monoisotopic (exact) mass is 875 g/mol. The van der Waals surface area contributed by atoms with E-state index in [4.69, 9.17) is 72.1 Å². The van der Waals surface area contributed by atoms with Crippen LogP contribution in [0.15, 0.2) is 67.3 Å². The molecule has 0 radical (unpaired) electrons. The van der Waals surface area contributed by atoms with E-state index in [1.807, 2.05) is 54.6 Å². The van der Waals surface area contributed by atoms with Gasteiger partial charge in [-0.15, -0.1) is 6.58 Å². The van der Waals surface area contributed by atoms with Crippen molar-refractivity contribution in [2.75, 3.05) is 19.8 Å². The molecule has 318 valence electrons. The van der Waals surface area contributed by atoms with Crippen LogP contribution in [0.4, 0.5) is 4.79 Å². The predicted octanol–water partition coefficient (Wildman–Crippen LogP) is 10.4. The number of benzene rings is 2. The standard InChI is InChI=1S/C41H57Cl3NO11P/c1-3-5-6-7-8-9-10-11-12-13-17-24-35(46)55-38-36(45-40(47)51-30-41(42,43)44)39(50-25-4-2)54-34(29-49-26-31-20-15-14-16-21-31)37(38)56-57(48)52-27-32-22-18-19-23-33(32)28-53-57/h4,14-16,18-23,34,36-39H,2-3,5-13,17,24-30H2,1H3,(H,45,47)/t34-,36-,37-,38-,39+/m1/s1. The molecule has 5 atom stereocenters. The van der Waals surface area contributed by atoms with E-state index in [0.29, 0.717) is 6.42 Å². The van der Waals surface area contributed by atoms with E-state index in [-0.39, 0.29) is 39.5 Å². The molecule has 4 rings (SSSR count). The highest BCUT2D eigenvalue weighted by Gasteiger charge is 2.53. The third-order valence-electron chi connectivity index (χ3n) is 9.45. The zero-order chi connectivity index (χ0) is 40.9. The van der Waals surface area contributed by atoms with Gasteiger partial charge in [0.05, 0.1) is 33.0 Å². The molecule has 16 heteroatoms. The van der Waals surface area contributed by atoms with E-state index in [9.17, 15) is 14.2 Å². The van der Waals surface area contributed by atoms with Crippen LogP contribution in [-0.2, 0) is 66.4 Å². The van der Waals surface area contributed by atoms with Gasteiger partial charge in [-0.1, -0.05) is 167 Å². The van der Waals surface area contributed by atoms with Crippen molar-refractivity contribution in [3.8, 4) is 0 Å². The quantitative estimate of drug-likeness (QED) is 0.0355. The lowest BCUT2D eigenvalue weighted by atomic mass is 9.96. The summed E-state index contributed by atoms with van der Waals surface area (Å²) in [7, 11) is -4.38. The van der Waals surface area contributed by atoms with Crippen LogP contribution >= 0.6 is 42.6 Å². The SMILES string of the molecule is C=CCO[C@H]1O[C@H](COCc2ccccc2)[C@@H](OP2(=O)OCc3ccccc3CO2)[C@H](OC(=O)CCCCCCCCCCCCC)[C@H]1NC(=O)OCC(Cl)(Cl)Cl. The molecule has 0 unspecified atom stereocenters. The Morgan fingerprint density at radius 3 is 2.07 bits per heavy atom. The molecule has 1 saturated heterocycles. The number of hydrogen-bond acceptors (Lipinski definition) is 11. The van der Waals surface area contributed by atoms with Gasteiger partial charge in [-0.3, -0.25) is 18.4 Å². The molecule has 2 aromatic carbocycles. The summed E-state index contributed by atoms with van der Waals surface area (Å²) in [5, 5.41) is 2.64. The van der Waals surface area contributed by atoms with Crippen molar-refractivity contribution in [1.82, 2.24) is 5.32 Å². The summed E-state index contributed by atoms with van der Waals surface area (Å²) in [5.41, 5.74) is 2.42. The van der Waals surface area contributed by atoms with Gasteiger partial charge in [-0.2, -0.15) is 0 Å². The Morgan fingerprint density at radius 1 is 0.877 bits per heavy atom. The average Bonchev–Trinajstić information content (AvgIpc) is 3.36. The molecule has 0 aliphatic carbocycles. The first-order valence-electron chi connectivity index (χ1n) is 19.8. The molecule has 2 heterocycles. The fourth-order valence-corrected chi connectivity index (χ4v) is 7.99. The minimum atomic E-state index is -4.38. The molecular formula is C41H57Cl3NO11P. The molecule has 2 aromatic rings. The van der Waals surface area contributed by atoms with Crippen molar-refractivity contribution in [2.45, 2.75) is 138 Å². The van der Waals surface area contributed by atoms with E-state index in [1.54, 1.807) is 0 Å². The van der Waals surface area contributed by atoms with Crippen LogP contribution in [0.2, 0.25) is 0 Å². The zero-order valence-electron chi connectivity index (χ0n) is 32.7. The van der Waals surface area contributed by atoms with Crippen molar-refractivity contribution in [3.05, 3.63) is 83.9 Å². The summed E-state index contributed by atoms with van der Waals surface area (Å²) >= 11 is 17.5. The van der Waals surface area contributed by atoms with E-state index in [1.165, 1.54) is 44.6 Å². The molecule has 1 fully saturated rings. The molecular weight excluding hydrogens is 820 g/mol. The smallest absolute Gasteiger partial charge is 0.457 e. The summed E-state index contributed by atoms with van der Waals surface area (Å²) in [6, 6.07) is 15.5. The number of rotatable bonds is 24. The summed E-state index contributed by atoms with van der Waals surface area (Å²) in [6.45, 7) is 5.24. The second-order valence-corrected chi connectivity index (χ2v) is 18.2. The van der Waals surface area contributed by atoms with Gasteiger partial charge >= 0.3 is 19.9 Å². The number of phosphoric ester groups is 1. The Bertz CT molecular complexity index is 1520. The molecule has 0 saturated carbocycles. The maximum Gasteiger partial charge on any atom is 0.475 e. The van der Waals surface area contributed by atoms with Gasteiger partial charge < -0.3 is 29.0 Å². The first-order valence-corrected chi connectivity index (χ1v) is 22.4. The predicted molar refractivity (Wildman–Crippen MR) is 219 cm³/mol. The van der Waals surface area contributed by atoms with Crippen LogP contribution in [0.5, 0.6) is 0 Å². The van der Waals surface area contributed by atoms with Crippen LogP contribution in [-0.4, -0.2) is 66.3 Å². The Balaban J connectivity index is 1.55. The van der Waals surface area contributed by atoms with Crippen molar-refractivity contribution in [2.24, 2.45) is 0 Å².